The van der Waals surface area contributed by atoms with Crippen LogP contribution in [0, 0.1) is 13.8 Å². The standard InChI is InChI=1S/C23H25NO4S/c1-15(2)29(26,27)14-21-8-6-19(11-17(21)4)22(25)13-18-5-7-20(12-16(18)3)23-24-9-10-28-23/h5-12,15H,13-14H2,1-4H3. The SMILES string of the molecule is Cc1cc(-c2ncco2)ccc1CC(=O)c1ccc(CS(=O)(=O)C(C)C)c(C)c1. The Labute approximate surface area is 171 Å². The van der Waals surface area contributed by atoms with Gasteiger partial charge in [-0.3, -0.25) is 4.79 Å². The van der Waals surface area contributed by atoms with E-state index in [-0.39, 0.29) is 18.0 Å². The van der Waals surface area contributed by atoms with Gasteiger partial charge in [0.1, 0.15) is 6.26 Å². The van der Waals surface area contributed by atoms with Gasteiger partial charge in [0.25, 0.3) is 0 Å². The molecule has 1 aromatic heterocycles. The Morgan fingerprint density at radius 1 is 1.03 bits per heavy atom. The number of hydrogen-bond donors (Lipinski definition) is 0. The number of rotatable bonds is 7. The largest absolute Gasteiger partial charge is 0.445 e. The summed E-state index contributed by atoms with van der Waals surface area (Å²) < 4.78 is 29.7. The first kappa shape index (κ1) is 21.0. The number of aryl methyl sites for hydroxylation is 2. The first-order valence-electron chi connectivity index (χ1n) is 9.51. The van der Waals surface area contributed by atoms with Gasteiger partial charge in [-0.15, -0.1) is 0 Å². The summed E-state index contributed by atoms with van der Waals surface area (Å²) in [6.45, 7) is 7.16. The van der Waals surface area contributed by atoms with Gasteiger partial charge in [-0.05, 0) is 68.1 Å². The summed E-state index contributed by atoms with van der Waals surface area (Å²) in [7, 11) is -3.18. The second-order valence-electron chi connectivity index (χ2n) is 7.58. The minimum absolute atomic E-state index is 0.00154. The number of nitrogens with zero attached hydrogens (tertiary/aromatic N) is 1. The van der Waals surface area contributed by atoms with Crippen molar-refractivity contribution in [2.45, 2.75) is 45.1 Å². The third-order valence-corrected chi connectivity index (χ3v) is 7.26. The molecule has 5 nitrogen and oxygen atoms in total. The van der Waals surface area contributed by atoms with Crippen molar-refractivity contribution < 1.29 is 17.6 Å². The lowest BCUT2D eigenvalue weighted by Gasteiger charge is -2.12. The van der Waals surface area contributed by atoms with Crippen molar-refractivity contribution in [3.63, 3.8) is 0 Å². The normalized spacial score (nSPS) is 11.8. The molecule has 0 unspecified atom stereocenters. The van der Waals surface area contributed by atoms with E-state index in [1.165, 1.54) is 6.26 Å². The average molecular weight is 412 g/mol. The molecule has 3 aromatic rings. The van der Waals surface area contributed by atoms with Gasteiger partial charge in [-0.25, -0.2) is 13.4 Å². The van der Waals surface area contributed by atoms with Crippen LogP contribution < -0.4 is 0 Å². The van der Waals surface area contributed by atoms with Crippen LogP contribution in [0.4, 0.5) is 0 Å². The van der Waals surface area contributed by atoms with Crippen molar-refractivity contribution in [2.24, 2.45) is 0 Å². The molecule has 3 rings (SSSR count). The highest BCUT2D eigenvalue weighted by atomic mass is 32.2. The van der Waals surface area contributed by atoms with Gasteiger partial charge in [-0.2, -0.15) is 0 Å². The van der Waals surface area contributed by atoms with Gasteiger partial charge < -0.3 is 4.42 Å². The molecule has 1 heterocycles. The van der Waals surface area contributed by atoms with Crippen LogP contribution in [0.25, 0.3) is 11.5 Å². The fourth-order valence-electron chi connectivity index (χ4n) is 3.08. The fraction of sp³-hybridized carbons (Fsp3) is 0.304. The Hall–Kier alpha value is -2.73. The molecule has 0 radical (unpaired) electrons. The summed E-state index contributed by atoms with van der Waals surface area (Å²) >= 11 is 0. The second kappa shape index (κ2) is 8.33. The van der Waals surface area contributed by atoms with E-state index in [2.05, 4.69) is 4.98 Å². The molecule has 0 aliphatic heterocycles. The molecule has 0 aliphatic carbocycles. The molecule has 2 aromatic carbocycles. The Morgan fingerprint density at radius 3 is 2.31 bits per heavy atom. The van der Waals surface area contributed by atoms with E-state index < -0.39 is 15.1 Å². The molecule has 152 valence electrons. The number of sulfone groups is 1. The number of Topliss-reactive ketones (excluding diaryl/α,β-unsaturated/α-hetero) is 1. The molecule has 0 N–H and O–H groups in total. The Balaban J connectivity index is 1.77. The van der Waals surface area contributed by atoms with E-state index in [0.717, 1.165) is 27.8 Å². The summed E-state index contributed by atoms with van der Waals surface area (Å²) in [5.74, 6) is 0.540. The minimum atomic E-state index is -3.18. The molecular formula is C23H25NO4S. The van der Waals surface area contributed by atoms with Crippen LogP contribution in [0.5, 0.6) is 0 Å². The summed E-state index contributed by atoms with van der Waals surface area (Å²) in [6.07, 6.45) is 3.40. The maximum atomic E-state index is 12.8. The van der Waals surface area contributed by atoms with Crippen LogP contribution >= 0.6 is 0 Å². The van der Waals surface area contributed by atoms with E-state index >= 15 is 0 Å². The van der Waals surface area contributed by atoms with Crippen molar-refractivity contribution in [3.8, 4) is 11.5 Å². The van der Waals surface area contributed by atoms with Crippen LogP contribution in [0.3, 0.4) is 0 Å². The van der Waals surface area contributed by atoms with E-state index in [1.54, 1.807) is 38.2 Å². The Bertz CT molecular complexity index is 1130. The average Bonchev–Trinajstić information content (AvgIpc) is 3.19. The highest BCUT2D eigenvalue weighted by Crippen LogP contribution is 2.23. The summed E-state index contributed by atoms with van der Waals surface area (Å²) in [4.78, 5) is 16.9. The molecular weight excluding hydrogens is 386 g/mol. The van der Waals surface area contributed by atoms with Gasteiger partial charge in [0, 0.05) is 17.5 Å². The molecule has 0 saturated heterocycles. The Morgan fingerprint density at radius 2 is 1.72 bits per heavy atom. The van der Waals surface area contributed by atoms with Gasteiger partial charge in [0.15, 0.2) is 15.6 Å². The lowest BCUT2D eigenvalue weighted by Crippen LogP contribution is -2.16. The van der Waals surface area contributed by atoms with Crippen molar-refractivity contribution >= 4 is 15.6 Å². The number of ketones is 1. The number of aromatic nitrogens is 1. The predicted molar refractivity (Wildman–Crippen MR) is 114 cm³/mol. The number of carbonyl (C=O) groups excluding carboxylic acids is 1. The van der Waals surface area contributed by atoms with Crippen molar-refractivity contribution in [1.29, 1.82) is 0 Å². The minimum Gasteiger partial charge on any atom is -0.445 e. The van der Waals surface area contributed by atoms with Crippen molar-refractivity contribution in [2.75, 3.05) is 0 Å². The second-order valence-corrected chi connectivity index (χ2v) is 10.1. The lowest BCUT2D eigenvalue weighted by atomic mass is 9.96. The van der Waals surface area contributed by atoms with Crippen LogP contribution in [-0.4, -0.2) is 24.4 Å². The van der Waals surface area contributed by atoms with Gasteiger partial charge in [0.05, 0.1) is 17.2 Å². The van der Waals surface area contributed by atoms with E-state index in [1.807, 2.05) is 32.0 Å². The van der Waals surface area contributed by atoms with Crippen molar-refractivity contribution in [1.82, 2.24) is 4.98 Å². The summed E-state index contributed by atoms with van der Waals surface area (Å²) in [6, 6.07) is 11.0. The van der Waals surface area contributed by atoms with E-state index in [4.69, 9.17) is 4.42 Å². The molecule has 0 saturated carbocycles. The maximum absolute atomic E-state index is 12.8. The number of hydrogen-bond acceptors (Lipinski definition) is 5. The first-order valence-corrected chi connectivity index (χ1v) is 11.2. The number of carbonyl (C=O) groups is 1. The molecule has 0 spiro atoms. The number of oxazole rings is 1. The molecule has 29 heavy (non-hydrogen) atoms. The molecule has 0 fully saturated rings. The zero-order chi connectivity index (χ0) is 21.2. The number of benzene rings is 2. The quantitative estimate of drug-likeness (QED) is 0.526. The van der Waals surface area contributed by atoms with Gasteiger partial charge >= 0.3 is 0 Å². The smallest absolute Gasteiger partial charge is 0.225 e. The highest BCUT2D eigenvalue weighted by Gasteiger charge is 2.19. The Kier molecular flexibility index (Phi) is 6.03. The monoisotopic (exact) mass is 411 g/mol. The third-order valence-electron chi connectivity index (χ3n) is 5.11. The molecule has 0 amide bonds. The molecule has 0 aliphatic rings. The fourth-order valence-corrected chi connectivity index (χ4v) is 4.17. The topological polar surface area (TPSA) is 77.2 Å². The molecule has 6 heteroatoms. The van der Waals surface area contributed by atoms with Crippen LogP contribution in [-0.2, 0) is 22.0 Å². The van der Waals surface area contributed by atoms with E-state index in [9.17, 15) is 13.2 Å². The third kappa shape index (κ3) is 4.82. The van der Waals surface area contributed by atoms with Gasteiger partial charge in [-0.1, -0.05) is 18.2 Å². The first-order chi connectivity index (χ1) is 13.7. The van der Waals surface area contributed by atoms with Gasteiger partial charge in [0.2, 0.25) is 5.89 Å². The maximum Gasteiger partial charge on any atom is 0.225 e. The highest BCUT2D eigenvalue weighted by molar-refractivity contribution is 7.91. The summed E-state index contributed by atoms with van der Waals surface area (Å²) in [5.41, 5.74) is 4.94. The van der Waals surface area contributed by atoms with Crippen molar-refractivity contribution in [3.05, 3.63) is 76.7 Å². The molecule has 0 atom stereocenters. The predicted octanol–water partition coefficient (Wildman–Crippen LogP) is 4.71. The van der Waals surface area contributed by atoms with Crippen LogP contribution in [0.15, 0.2) is 53.3 Å². The molecule has 0 bridgehead atoms. The van der Waals surface area contributed by atoms with Crippen LogP contribution in [0.1, 0.15) is 46.5 Å². The zero-order valence-corrected chi connectivity index (χ0v) is 17.9. The summed E-state index contributed by atoms with van der Waals surface area (Å²) in [5, 5.41) is -0.425. The zero-order valence-electron chi connectivity index (χ0n) is 17.1. The van der Waals surface area contributed by atoms with Crippen LogP contribution in [0.2, 0.25) is 0 Å². The lowest BCUT2D eigenvalue weighted by molar-refractivity contribution is 0.0992. The van der Waals surface area contributed by atoms with E-state index in [0.29, 0.717) is 11.5 Å².